The number of ether oxygens (including phenoxy) is 1. The summed E-state index contributed by atoms with van der Waals surface area (Å²) < 4.78 is 5.66. The maximum Gasteiger partial charge on any atom is 0.215 e. The van der Waals surface area contributed by atoms with Gasteiger partial charge in [-0.2, -0.15) is 4.98 Å². The third-order valence-corrected chi connectivity index (χ3v) is 3.09. The van der Waals surface area contributed by atoms with Crippen LogP contribution < -0.4 is 10.5 Å². The standard InChI is InChI=1S/C12H19N3O/c1-15-8-3-2-5-10(15)9-16-12-7-4-6-11(13)14-12/h4,6-7,10H,2-3,5,8-9H2,1H3,(H2,13,14). The van der Waals surface area contributed by atoms with E-state index >= 15 is 0 Å². The molecule has 0 spiro atoms. The Morgan fingerprint density at radius 1 is 1.50 bits per heavy atom. The lowest BCUT2D eigenvalue weighted by molar-refractivity contribution is 0.123. The second-order valence-electron chi connectivity index (χ2n) is 4.34. The molecule has 4 nitrogen and oxygen atoms in total. The van der Waals surface area contributed by atoms with Gasteiger partial charge in [-0.05, 0) is 32.5 Å². The Bertz CT molecular complexity index is 343. The second-order valence-corrected chi connectivity index (χ2v) is 4.34. The highest BCUT2D eigenvalue weighted by atomic mass is 16.5. The highest BCUT2D eigenvalue weighted by Gasteiger charge is 2.19. The normalized spacial score (nSPS) is 21.9. The number of nitrogen functional groups attached to an aromatic ring is 1. The molecule has 1 aromatic rings. The molecule has 0 radical (unpaired) electrons. The fourth-order valence-electron chi connectivity index (χ4n) is 2.05. The number of hydrogen-bond acceptors (Lipinski definition) is 4. The highest BCUT2D eigenvalue weighted by molar-refractivity contribution is 5.31. The van der Waals surface area contributed by atoms with Gasteiger partial charge in [0.15, 0.2) is 0 Å². The Kier molecular flexibility index (Phi) is 3.62. The van der Waals surface area contributed by atoms with Crippen molar-refractivity contribution in [3.63, 3.8) is 0 Å². The van der Waals surface area contributed by atoms with Crippen LogP contribution in [0.25, 0.3) is 0 Å². The first-order valence-electron chi connectivity index (χ1n) is 5.81. The zero-order valence-electron chi connectivity index (χ0n) is 9.72. The van der Waals surface area contributed by atoms with Gasteiger partial charge in [0.05, 0.1) is 0 Å². The van der Waals surface area contributed by atoms with Gasteiger partial charge in [0, 0.05) is 12.1 Å². The molecule has 1 saturated heterocycles. The molecule has 88 valence electrons. The van der Waals surface area contributed by atoms with E-state index in [9.17, 15) is 0 Å². The van der Waals surface area contributed by atoms with Crippen LogP contribution in [0.15, 0.2) is 18.2 Å². The number of piperidine rings is 1. The molecular weight excluding hydrogens is 202 g/mol. The molecule has 1 aromatic heterocycles. The first-order chi connectivity index (χ1) is 7.75. The van der Waals surface area contributed by atoms with Crippen molar-refractivity contribution < 1.29 is 4.74 Å². The maximum atomic E-state index is 5.66. The molecule has 1 fully saturated rings. The van der Waals surface area contributed by atoms with Gasteiger partial charge in [0.1, 0.15) is 12.4 Å². The lowest BCUT2D eigenvalue weighted by Crippen LogP contribution is -2.40. The van der Waals surface area contributed by atoms with E-state index in [4.69, 9.17) is 10.5 Å². The molecule has 2 heterocycles. The van der Waals surface area contributed by atoms with Crippen LogP contribution in [0.5, 0.6) is 5.88 Å². The fraction of sp³-hybridized carbons (Fsp3) is 0.583. The van der Waals surface area contributed by atoms with Crippen LogP contribution in [-0.2, 0) is 0 Å². The number of rotatable bonds is 3. The van der Waals surface area contributed by atoms with Crippen LogP contribution in [0.2, 0.25) is 0 Å². The van der Waals surface area contributed by atoms with E-state index in [0.29, 0.717) is 24.3 Å². The summed E-state index contributed by atoms with van der Waals surface area (Å²) in [7, 11) is 2.15. The van der Waals surface area contributed by atoms with Crippen LogP contribution in [0.3, 0.4) is 0 Å². The Balaban J connectivity index is 1.86. The van der Waals surface area contributed by atoms with Crippen LogP contribution in [0.1, 0.15) is 19.3 Å². The van der Waals surface area contributed by atoms with Gasteiger partial charge in [0.2, 0.25) is 5.88 Å². The molecule has 1 unspecified atom stereocenters. The number of hydrogen-bond donors (Lipinski definition) is 1. The van der Waals surface area contributed by atoms with Crippen LogP contribution in [0.4, 0.5) is 5.82 Å². The average Bonchev–Trinajstić information content (AvgIpc) is 2.28. The number of pyridine rings is 1. The minimum absolute atomic E-state index is 0.509. The summed E-state index contributed by atoms with van der Waals surface area (Å²) in [5.74, 6) is 1.13. The molecule has 0 aliphatic carbocycles. The average molecular weight is 221 g/mol. The molecule has 2 rings (SSSR count). The minimum Gasteiger partial charge on any atom is -0.476 e. The molecule has 0 amide bonds. The van der Waals surface area contributed by atoms with Crippen molar-refractivity contribution >= 4 is 5.82 Å². The van der Waals surface area contributed by atoms with Crippen LogP contribution in [-0.4, -0.2) is 36.1 Å². The molecule has 0 aromatic carbocycles. The number of nitrogens with two attached hydrogens (primary N) is 1. The maximum absolute atomic E-state index is 5.66. The first-order valence-corrected chi connectivity index (χ1v) is 5.81. The van der Waals surface area contributed by atoms with Crippen LogP contribution in [0, 0.1) is 0 Å². The summed E-state index contributed by atoms with van der Waals surface area (Å²) >= 11 is 0. The zero-order chi connectivity index (χ0) is 11.4. The SMILES string of the molecule is CN1CCCCC1COc1cccc(N)n1. The lowest BCUT2D eigenvalue weighted by Gasteiger charge is -2.31. The van der Waals surface area contributed by atoms with E-state index in [0.717, 1.165) is 0 Å². The van der Waals surface area contributed by atoms with Crippen molar-refractivity contribution in [3.05, 3.63) is 18.2 Å². The van der Waals surface area contributed by atoms with Crippen molar-refractivity contribution in [2.45, 2.75) is 25.3 Å². The summed E-state index contributed by atoms with van der Waals surface area (Å²) in [6.07, 6.45) is 3.80. The molecule has 1 atom stereocenters. The van der Waals surface area contributed by atoms with E-state index in [1.54, 1.807) is 6.07 Å². The van der Waals surface area contributed by atoms with Crippen molar-refractivity contribution in [2.24, 2.45) is 0 Å². The highest BCUT2D eigenvalue weighted by Crippen LogP contribution is 2.16. The Morgan fingerprint density at radius 3 is 3.12 bits per heavy atom. The topological polar surface area (TPSA) is 51.4 Å². The zero-order valence-corrected chi connectivity index (χ0v) is 9.72. The summed E-state index contributed by atoms with van der Waals surface area (Å²) in [6.45, 7) is 1.87. The quantitative estimate of drug-likeness (QED) is 0.841. The second kappa shape index (κ2) is 5.16. The van der Waals surface area contributed by atoms with Gasteiger partial charge >= 0.3 is 0 Å². The predicted molar refractivity (Wildman–Crippen MR) is 64.4 cm³/mol. The van der Waals surface area contributed by atoms with Gasteiger partial charge in [-0.25, -0.2) is 0 Å². The van der Waals surface area contributed by atoms with Crippen molar-refractivity contribution in [2.75, 3.05) is 25.9 Å². The van der Waals surface area contributed by atoms with E-state index in [1.807, 2.05) is 12.1 Å². The van der Waals surface area contributed by atoms with Crippen molar-refractivity contribution in [3.8, 4) is 5.88 Å². The monoisotopic (exact) mass is 221 g/mol. The predicted octanol–water partition coefficient (Wildman–Crippen LogP) is 1.53. The molecular formula is C12H19N3O. The molecule has 2 N–H and O–H groups in total. The van der Waals surface area contributed by atoms with Gasteiger partial charge in [0.25, 0.3) is 0 Å². The fourth-order valence-corrected chi connectivity index (χ4v) is 2.05. The molecule has 1 aliphatic rings. The summed E-state index contributed by atoms with van der Waals surface area (Å²) in [5.41, 5.74) is 5.59. The lowest BCUT2D eigenvalue weighted by atomic mass is 10.0. The molecule has 4 heteroatoms. The van der Waals surface area contributed by atoms with Gasteiger partial charge in [-0.3, -0.25) is 0 Å². The van der Waals surface area contributed by atoms with Gasteiger partial charge < -0.3 is 15.4 Å². The number of aromatic nitrogens is 1. The van der Waals surface area contributed by atoms with Crippen molar-refractivity contribution in [1.29, 1.82) is 0 Å². The summed E-state index contributed by atoms with van der Waals surface area (Å²) in [6, 6.07) is 5.98. The van der Waals surface area contributed by atoms with E-state index in [1.165, 1.54) is 25.8 Å². The van der Waals surface area contributed by atoms with Crippen LogP contribution >= 0.6 is 0 Å². The Hall–Kier alpha value is -1.29. The van der Waals surface area contributed by atoms with Gasteiger partial charge in [-0.15, -0.1) is 0 Å². The Labute approximate surface area is 96.4 Å². The van der Waals surface area contributed by atoms with Crippen molar-refractivity contribution in [1.82, 2.24) is 9.88 Å². The van der Waals surface area contributed by atoms with E-state index < -0.39 is 0 Å². The summed E-state index contributed by atoms with van der Waals surface area (Å²) in [5, 5.41) is 0. The van der Waals surface area contributed by atoms with E-state index in [-0.39, 0.29) is 0 Å². The third-order valence-electron chi connectivity index (χ3n) is 3.09. The van der Waals surface area contributed by atoms with E-state index in [2.05, 4.69) is 16.9 Å². The number of likely N-dealkylation sites (N-methyl/N-ethyl adjacent to an activating group) is 1. The largest absolute Gasteiger partial charge is 0.476 e. The Morgan fingerprint density at radius 2 is 2.38 bits per heavy atom. The first kappa shape index (κ1) is 11.2. The summed E-state index contributed by atoms with van der Waals surface area (Å²) in [4.78, 5) is 6.48. The molecule has 0 saturated carbocycles. The number of likely N-dealkylation sites (tertiary alicyclic amines) is 1. The number of anilines is 1. The molecule has 0 bridgehead atoms. The molecule has 16 heavy (non-hydrogen) atoms. The minimum atomic E-state index is 0.509. The smallest absolute Gasteiger partial charge is 0.215 e. The van der Waals surface area contributed by atoms with Gasteiger partial charge in [-0.1, -0.05) is 12.5 Å². The number of nitrogens with zero attached hydrogens (tertiary/aromatic N) is 2. The third kappa shape index (κ3) is 2.85. The molecule has 1 aliphatic heterocycles.